The number of rotatable bonds is 2. The second-order valence-corrected chi connectivity index (χ2v) is 5.90. The summed E-state index contributed by atoms with van der Waals surface area (Å²) in [5.74, 6) is 0.116. The first-order valence-electron chi connectivity index (χ1n) is 6.55. The van der Waals surface area contributed by atoms with Crippen LogP contribution in [0.4, 0.5) is 0 Å². The van der Waals surface area contributed by atoms with Crippen LogP contribution in [-0.4, -0.2) is 29.6 Å². The molecule has 2 aromatic rings. The van der Waals surface area contributed by atoms with E-state index < -0.39 is 12.1 Å². The van der Waals surface area contributed by atoms with Crippen molar-refractivity contribution in [1.82, 2.24) is 4.57 Å². The molecule has 5 nitrogen and oxygen atoms in total. The molecule has 1 aromatic heterocycles. The second-order valence-electron chi connectivity index (χ2n) is 4.99. The van der Waals surface area contributed by atoms with Crippen LogP contribution >= 0.6 is 15.9 Å². The molecule has 1 aliphatic rings. The molecule has 2 heterocycles. The normalized spacial score (nSPS) is 21.2. The third-order valence-electron chi connectivity index (χ3n) is 3.68. The fraction of sp³-hybridized carbons (Fsp3) is 0.333. The van der Waals surface area contributed by atoms with E-state index in [4.69, 9.17) is 9.47 Å². The molecule has 1 aromatic carbocycles. The van der Waals surface area contributed by atoms with Gasteiger partial charge in [0.1, 0.15) is 0 Å². The molecule has 110 valence electrons. The molecule has 6 heteroatoms. The zero-order valence-electron chi connectivity index (χ0n) is 12.0. The number of hydrogen-bond donors (Lipinski definition) is 0. The number of fused-ring (bicyclic) bond motifs is 1. The van der Waals surface area contributed by atoms with Gasteiger partial charge in [0.15, 0.2) is 18.0 Å². The van der Waals surface area contributed by atoms with Crippen molar-refractivity contribution in [3.63, 3.8) is 0 Å². The van der Waals surface area contributed by atoms with Crippen LogP contribution in [0.5, 0.6) is 0 Å². The second kappa shape index (κ2) is 5.18. The van der Waals surface area contributed by atoms with Gasteiger partial charge in [-0.2, -0.15) is 0 Å². The van der Waals surface area contributed by atoms with Crippen molar-refractivity contribution in [2.24, 2.45) is 12.0 Å². The highest BCUT2D eigenvalue weighted by Gasteiger charge is 2.38. The van der Waals surface area contributed by atoms with E-state index in [1.54, 1.807) is 6.92 Å². The smallest absolute Gasteiger partial charge is 0.335 e. The molecular formula is C15H15BrN2O3. The Labute approximate surface area is 130 Å². The largest absolute Gasteiger partial charge is 0.469 e. The summed E-state index contributed by atoms with van der Waals surface area (Å²) in [7, 11) is 3.32. The molecule has 1 aliphatic heterocycles. The SMILES string of the molecule is COC(=O)C1N=C(C)OC1c1cc2cc(Br)ccc2n1C. The van der Waals surface area contributed by atoms with Crippen molar-refractivity contribution in [3.8, 4) is 0 Å². The molecule has 0 fully saturated rings. The molecule has 0 saturated heterocycles. The molecule has 0 bridgehead atoms. The van der Waals surface area contributed by atoms with E-state index in [1.807, 2.05) is 35.9 Å². The standard InChI is InChI=1S/C15H15BrN2O3/c1-8-17-13(15(19)20-3)14(21-8)12-7-9-6-10(16)4-5-11(9)18(12)2/h4-7,13-14H,1-3H3. The number of ether oxygens (including phenoxy) is 2. The number of carbonyl (C=O) groups excluding carboxylic acids is 1. The number of aromatic nitrogens is 1. The third kappa shape index (κ3) is 2.33. The fourth-order valence-electron chi connectivity index (χ4n) is 2.68. The van der Waals surface area contributed by atoms with Gasteiger partial charge < -0.3 is 14.0 Å². The summed E-state index contributed by atoms with van der Waals surface area (Å²) < 4.78 is 13.6. The molecule has 0 saturated carbocycles. The average Bonchev–Trinajstić information content (AvgIpc) is 2.98. The van der Waals surface area contributed by atoms with Gasteiger partial charge in [0.05, 0.1) is 12.8 Å². The van der Waals surface area contributed by atoms with Crippen LogP contribution in [0.25, 0.3) is 10.9 Å². The lowest BCUT2D eigenvalue weighted by Crippen LogP contribution is -2.26. The summed E-state index contributed by atoms with van der Waals surface area (Å²) in [6, 6.07) is 7.42. The quantitative estimate of drug-likeness (QED) is 0.782. The maximum absolute atomic E-state index is 11.9. The number of esters is 1. The van der Waals surface area contributed by atoms with Crippen molar-refractivity contribution in [3.05, 3.63) is 34.4 Å². The van der Waals surface area contributed by atoms with Crippen LogP contribution in [0.1, 0.15) is 18.7 Å². The van der Waals surface area contributed by atoms with E-state index in [0.29, 0.717) is 5.90 Å². The number of halogens is 1. The number of methoxy groups -OCH3 is 1. The minimum Gasteiger partial charge on any atom is -0.469 e. The van der Waals surface area contributed by atoms with Gasteiger partial charge in [-0.05, 0) is 24.3 Å². The number of aliphatic imine (C=N–C) groups is 1. The van der Waals surface area contributed by atoms with Crippen LogP contribution < -0.4 is 0 Å². The van der Waals surface area contributed by atoms with E-state index in [-0.39, 0.29) is 5.97 Å². The van der Waals surface area contributed by atoms with Crippen molar-refractivity contribution in [1.29, 1.82) is 0 Å². The summed E-state index contributed by atoms with van der Waals surface area (Å²) in [6.45, 7) is 1.75. The summed E-state index contributed by atoms with van der Waals surface area (Å²) in [5.41, 5.74) is 1.98. The maximum atomic E-state index is 11.9. The highest BCUT2D eigenvalue weighted by atomic mass is 79.9. The third-order valence-corrected chi connectivity index (χ3v) is 4.17. The zero-order chi connectivity index (χ0) is 15.1. The summed E-state index contributed by atoms with van der Waals surface area (Å²) >= 11 is 3.47. The molecule has 0 spiro atoms. The van der Waals surface area contributed by atoms with Crippen molar-refractivity contribution >= 4 is 38.7 Å². The fourth-order valence-corrected chi connectivity index (χ4v) is 3.05. The molecule has 0 aliphatic carbocycles. The minimum absolute atomic E-state index is 0.386. The van der Waals surface area contributed by atoms with E-state index >= 15 is 0 Å². The Morgan fingerprint density at radius 3 is 2.90 bits per heavy atom. The summed E-state index contributed by atoms with van der Waals surface area (Å²) in [4.78, 5) is 16.1. The Kier molecular flexibility index (Phi) is 3.49. The topological polar surface area (TPSA) is 52.8 Å². The lowest BCUT2D eigenvalue weighted by atomic mass is 10.1. The lowest BCUT2D eigenvalue weighted by Gasteiger charge is -2.17. The molecule has 0 radical (unpaired) electrons. The number of aryl methyl sites for hydroxylation is 1. The Morgan fingerprint density at radius 1 is 1.43 bits per heavy atom. The van der Waals surface area contributed by atoms with Gasteiger partial charge >= 0.3 is 5.97 Å². The Bertz CT molecular complexity index is 751. The van der Waals surface area contributed by atoms with Gasteiger partial charge in [-0.1, -0.05) is 15.9 Å². The molecule has 0 N–H and O–H groups in total. The van der Waals surface area contributed by atoms with Gasteiger partial charge in [-0.25, -0.2) is 9.79 Å². The van der Waals surface area contributed by atoms with Crippen molar-refractivity contribution in [2.45, 2.75) is 19.1 Å². The van der Waals surface area contributed by atoms with Crippen LogP contribution in [0.2, 0.25) is 0 Å². The van der Waals surface area contributed by atoms with Crippen molar-refractivity contribution in [2.75, 3.05) is 7.11 Å². The zero-order valence-corrected chi connectivity index (χ0v) is 13.5. The molecule has 0 amide bonds. The highest BCUT2D eigenvalue weighted by Crippen LogP contribution is 2.34. The van der Waals surface area contributed by atoms with E-state index in [1.165, 1.54) is 7.11 Å². The first-order chi connectivity index (χ1) is 10.0. The summed E-state index contributed by atoms with van der Waals surface area (Å²) in [6.07, 6.45) is -0.450. The van der Waals surface area contributed by atoms with E-state index in [9.17, 15) is 4.79 Å². The number of nitrogens with zero attached hydrogens (tertiary/aromatic N) is 2. The Balaban J connectivity index is 2.07. The lowest BCUT2D eigenvalue weighted by molar-refractivity contribution is -0.143. The molecule has 2 atom stereocenters. The Hall–Kier alpha value is -1.82. The van der Waals surface area contributed by atoms with E-state index in [2.05, 4.69) is 20.9 Å². The van der Waals surface area contributed by atoms with Crippen LogP contribution in [-0.2, 0) is 21.3 Å². The van der Waals surface area contributed by atoms with Crippen LogP contribution in [0, 0.1) is 0 Å². The minimum atomic E-state index is -0.651. The monoisotopic (exact) mass is 350 g/mol. The molecular weight excluding hydrogens is 336 g/mol. The van der Waals surface area contributed by atoms with Gasteiger partial charge in [0.25, 0.3) is 0 Å². The first kappa shape index (κ1) is 14.1. The van der Waals surface area contributed by atoms with Crippen molar-refractivity contribution < 1.29 is 14.3 Å². The van der Waals surface area contributed by atoms with Gasteiger partial charge in [0.2, 0.25) is 0 Å². The van der Waals surface area contributed by atoms with E-state index in [0.717, 1.165) is 21.1 Å². The average molecular weight is 351 g/mol. The predicted molar refractivity (Wildman–Crippen MR) is 83.4 cm³/mol. The highest BCUT2D eigenvalue weighted by molar-refractivity contribution is 9.10. The molecule has 3 rings (SSSR count). The van der Waals surface area contributed by atoms with Gasteiger partial charge in [-0.3, -0.25) is 0 Å². The predicted octanol–water partition coefficient (Wildman–Crippen LogP) is 2.97. The van der Waals surface area contributed by atoms with Crippen LogP contribution in [0.15, 0.2) is 33.7 Å². The molecule has 21 heavy (non-hydrogen) atoms. The van der Waals surface area contributed by atoms with Crippen LogP contribution in [0.3, 0.4) is 0 Å². The summed E-state index contributed by atoms with van der Waals surface area (Å²) in [5, 5.41) is 1.08. The number of benzene rings is 1. The number of hydrogen-bond acceptors (Lipinski definition) is 4. The maximum Gasteiger partial charge on any atom is 0.335 e. The Morgan fingerprint density at radius 2 is 2.19 bits per heavy atom. The van der Waals surface area contributed by atoms with Gasteiger partial charge in [-0.15, -0.1) is 0 Å². The molecule has 2 unspecified atom stereocenters. The first-order valence-corrected chi connectivity index (χ1v) is 7.34. The van der Waals surface area contributed by atoms with Gasteiger partial charge in [0, 0.05) is 29.3 Å². The number of carbonyl (C=O) groups is 1.